The van der Waals surface area contributed by atoms with Crippen LogP contribution in [-0.4, -0.2) is 0 Å². The van der Waals surface area contributed by atoms with Crippen molar-refractivity contribution < 1.29 is 32.7 Å². The van der Waals surface area contributed by atoms with E-state index in [0.717, 1.165) is 5.69 Å². The van der Waals surface area contributed by atoms with Crippen LogP contribution in [0.25, 0.3) is 0 Å². The first-order valence-electron chi connectivity index (χ1n) is 3.84. The summed E-state index contributed by atoms with van der Waals surface area (Å²) in [4.78, 5) is 0. The first-order chi connectivity index (χ1) is 5.33. The predicted molar refractivity (Wildman–Crippen MR) is 50.3 cm³/mol. The van der Waals surface area contributed by atoms with E-state index in [4.69, 9.17) is 0 Å². The van der Waals surface area contributed by atoms with Crippen LogP contribution in [-0.2, 0) is 32.7 Å². The largest absolute Gasteiger partial charge is 0.558 e. The molecule has 1 aromatic rings. The second-order valence-corrected chi connectivity index (χ2v) is 1.96. The van der Waals surface area contributed by atoms with Crippen LogP contribution in [0.2, 0.25) is 0 Å². The van der Waals surface area contributed by atoms with E-state index in [2.05, 4.69) is 18.4 Å². The van der Waals surface area contributed by atoms with E-state index in [9.17, 15) is 0 Å². The second kappa shape index (κ2) is 9.21. The van der Waals surface area contributed by atoms with Gasteiger partial charge >= 0.3 is 0 Å². The van der Waals surface area contributed by atoms with Crippen LogP contribution < -0.4 is 5.32 Å². The predicted octanol–water partition coefficient (Wildman–Crippen LogP) is 3.02. The molecule has 1 N–H and O–H groups in total. The average molecular weight is 238 g/mol. The third-order valence-electron chi connectivity index (χ3n) is 1.16. The van der Waals surface area contributed by atoms with Gasteiger partial charge in [0.05, 0.1) is 0 Å². The molecule has 0 aliphatic heterocycles. The minimum absolute atomic E-state index is 0. The molecule has 0 aromatic heterocycles. The molecule has 0 amide bonds. The zero-order chi connectivity index (χ0) is 8.69. The fourth-order valence-corrected chi connectivity index (χ4v) is 0.613. The van der Waals surface area contributed by atoms with E-state index in [0.29, 0.717) is 0 Å². The van der Waals surface area contributed by atoms with Gasteiger partial charge in [-0.25, -0.2) is 0 Å². The van der Waals surface area contributed by atoms with Crippen LogP contribution >= 0.6 is 0 Å². The number of nitrogens with one attached hydrogen (secondary N) is 1. The van der Waals surface area contributed by atoms with Crippen LogP contribution in [0.3, 0.4) is 0 Å². The molecule has 0 unspecified atom stereocenters. The standard InChI is InChI=1S/C8H9N.C2H6.Y/c1-7-3-5-8(9-2)6-4-7;1-2;/h3-5,9H,2H2,1H3;1-2H3;/q-2;;. The molecule has 1 nitrogen and oxygen atoms in total. The number of hydrogen-bond acceptors (Lipinski definition) is 1. The molecule has 0 heterocycles. The van der Waals surface area contributed by atoms with Crippen LogP contribution in [0.4, 0.5) is 5.69 Å². The Morgan fingerprint density at radius 3 is 2.25 bits per heavy atom. The van der Waals surface area contributed by atoms with Gasteiger partial charge in [0.15, 0.2) is 0 Å². The maximum Gasteiger partial charge on any atom is 0 e. The molecule has 2 heteroatoms. The summed E-state index contributed by atoms with van der Waals surface area (Å²) in [5, 5.41) is 2.75. The summed E-state index contributed by atoms with van der Waals surface area (Å²) >= 11 is 0. The first kappa shape index (κ1) is 14.6. The molecule has 0 bridgehead atoms. The van der Waals surface area contributed by atoms with E-state index in [1.807, 2.05) is 39.0 Å². The van der Waals surface area contributed by atoms with Crippen molar-refractivity contribution in [2.75, 3.05) is 5.32 Å². The minimum Gasteiger partial charge on any atom is -0.558 e. The Morgan fingerprint density at radius 2 is 1.92 bits per heavy atom. The molecule has 0 atom stereocenters. The smallest absolute Gasteiger partial charge is 0 e. The van der Waals surface area contributed by atoms with Gasteiger partial charge in [-0.2, -0.15) is 29.8 Å². The van der Waals surface area contributed by atoms with E-state index in [-0.39, 0.29) is 32.7 Å². The summed E-state index contributed by atoms with van der Waals surface area (Å²) in [6, 6.07) is 8.90. The van der Waals surface area contributed by atoms with Gasteiger partial charge in [0.25, 0.3) is 0 Å². The molecule has 1 radical (unpaired) electrons. The van der Waals surface area contributed by atoms with Gasteiger partial charge in [-0.3, -0.25) is 7.05 Å². The van der Waals surface area contributed by atoms with Gasteiger partial charge in [0.2, 0.25) is 0 Å². The maximum absolute atomic E-state index is 3.50. The SMILES string of the molecule is CC.[CH2-]Nc1[c-]cc(C)cc1.[Y]. The molecule has 12 heavy (non-hydrogen) atoms. The molecule has 0 fully saturated rings. The van der Waals surface area contributed by atoms with Gasteiger partial charge < -0.3 is 5.32 Å². The molecule has 1 rings (SSSR count). The van der Waals surface area contributed by atoms with Crippen LogP contribution in [0, 0.1) is 20.0 Å². The summed E-state index contributed by atoms with van der Waals surface area (Å²) in [6.45, 7) is 6.03. The normalized spacial score (nSPS) is 7.33. The number of aryl methyl sites for hydroxylation is 1. The number of benzene rings is 1. The van der Waals surface area contributed by atoms with Crippen LogP contribution in [0.15, 0.2) is 18.2 Å². The van der Waals surface area contributed by atoms with Gasteiger partial charge in [0, 0.05) is 32.7 Å². The van der Waals surface area contributed by atoms with Crippen molar-refractivity contribution in [1.82, 2.24) is 0 Å². The second-order valence-electron chi connectivity index (χ2n) is 1.96. The number of rotatable bonds is 1. The molecule has 0 aliphatic carbocycles. The van der Waals surface area contributed by atoms with Crippen molar-refractivity contribution in [1.29, 1.82) is 0 Å². The number of anilines is 1. The molecule has 65 valence electrons. The zero-order valence-electron chi connectivity index (χ0n) is 8.02. The Hall–Kier alpha value is 0.124. The third kappa shape index (κ3) is 5.73. The van der Waals surface area contributed by atoms with E-state index in [1.54, 1.807) is 0 Å². The summed E-state index contributed by atoms with van der Waals surface area (Å²) in [5.74, 6) is 0. The van der Waals surface area contributed by atoms with Gasteiger partial charge in [-0.05, 0) is 0 Å². The van der Waals surface area contributed by atoms with Crippen molar-refractivity contribution >= 4 is 5.69 Å². The van der Waals surface area contributed by atoms with Gasteiger partial charge in [-0.15, -0.1) is 5.69 Å². The molecule has 1 aromatic carbocycles. The number of hydrogen-bond donors (Lipinski definition) is 1. The Kier molecular flexibility index (Phi) is 11.2. The van der Waals surface area contributed by atoms with E-state index >= 15 is 0 Å². The Balaban J connectivity index is 0. The van der Waals surface area contributed by atoms with Crippen molar-refractivity contribution in [3.63, 3.8) is 0 Å². The van der Waals surface area contributed by atoms with Gasteiger partial charge in [0.1, 0.15) is 0 Å². The topological polar surface area (TPSA) is 12.0 Å². The van der Waals surface area contributed by atoms with Crippen molar-refractivity contribution in [2.45, 2.75) is 20.8 Å². The summed E-state index contributed by atoms with van der Waals surface area (Å²) in [5.41, 5.74) is 2.15. The zero-order valence-corrected chi connectivity index (χ0v) is 10.9. The summed E-state index contributed by atoms with van der Waals surface area (Å²) in [7, 11) is 3.50. The monoisotopic (exact) mass is 238 g/mol. The van der Waals surface area contributed by atoms with Crippen molar-refractivity contribution in [2.24, 2.45) is 0 Å². The average Bonchev–Trinajstić information content (AvgIpc) is 2.10. The maximum atomic E-state index is 3.50. The first-order valence-corrected chi connectivity index (χ1v) is 3.84. The Bertz CT molecular complexity index is 182. The summed E-state index contributed by atoms with van der Waals surface area (Å²) in [6.07, 6.45) is 0. The summed E-state index contributed by atoms with van der Waals surface area (Å²) < 4.78 is 0. The van der Waals surface area contributed by atoms with Crippen LogP contribution in [0.1, 0.15) is 19.4 Å². The van der Waals surface area contributed by atoms with Crippen molar-refractivity contribution in [3.8, 4) is 0 Å². The molecule has 0 spiro atoms. The molecular formula is C10H15NY-2. The van der Waals surface area contributed by atoms with Crippen LogP contribution in [0.5, 0.6) is 0 Å². The minimum atomic E-state index is 0. The Labute approximate surface area is 101 Å². The molecule has 0 aliphatic rings. The van der Waals surface area contributed by atoms with E-state index in [1.165, 1.54) is 5.56 Å². The van der Waals surface area contributed by atoms with E-state index < -0.39 is 0 Å². The van der Waals surface area contributed by atoms with Crippen molar-refractivity contribution in [3.05, 3.63) is 36.9 Å². The van der Waals surface area contributed by atoms with Gasteiger partial charge in [-0.1, -0.05) is 20.8 Å². The fraction of sp³-hybridized carbons (Fsp3) is 0.300. The third-order valence-corrected chi connectivity index (χ3v) is 1.16. The fourth-order valence-electron chi connectivity index (χ4n) is 0.613. The molecule has 0 saturated carbocycles. The Morgan fingerprint density at radius 1 is 1.33 bits per heavy atom. The molecule has 0 saturated heterocycles. The molecular weight excluding hydrogens is 223 g/mol. The quantitative estimate of drug-likeness (QED) is 0.741.